The minimum atomic E-state index is -0.585. The number of nitro groups is 1. The van der Waals surface area contributed by atoms with Gasteiger partial charge in [-0.15, -0.1) is 0 Å². The van der Waals surface area contributed by atoms with E-state index < -0.39 is 4.92 Å². The normalized spacial score (nSPS) is 18.8. The Morgan fingerprint density at radius 3 is 2.95 bits per heavy atom. The third kappa shape index (κ3) is 3.19. The standard InChI is InChI=1S/C12H14N2O5/c15-11-4-3-9(14(17)18)6-10(11)13-12(16)8-2-1-5-19-7-8/h3-4,6,8,15H,1-2,5,7H2,(H,13,16). The number of hydrogen-bond acceptors (Lipinski definition) is 5. The Morgan fingerprint density at radius 2 is 2.32 bits per heavy atom. The molecule has 0 spiro atoms. The third-order valence-corrected chi connectivity index (χ3v) is 2.98. The number of rotatable bonds is 3. The highest BCUT2D eigenvalue weighted by Gasteiger charge is 2.23. The number of carbonyl (C=O) groups excluding carboxylic acids is 1. The highest BCUT2D eigenvalue weighted by Crippen LogP contribution is 2.28. The molecule has 0 saturated carbocycles. The van der Waals surface area contributed by atoms with Crippen molar-refractivity contribution in [3.05, 3.63) is 28.3 Å². The molecule has 1 aromatic carbocycles. The van der Waals surface area contributed by atoms with Gasteiger partial charge in [-0.2, -0.15) is 0 Å². The van der Waals surface area contributed by atoms with Gasteiger partial charge in [0.25, 0.3) is 5.69 Å². The summed E-state index contributed by atoms with van der Waals surface area (Å²) in [4.78, 5) is 22.0. The van der Waals surface area contributed by atoms with E-state index in [0.717, 1.165) is 12.5 Å². The number of carbonyl (C=O) groups is 1. The van der Waals surface area contributed by atoms with Gasteiger partial charge in [-0.25, -0.2) is 0 Å². The summed E-state index contributed by atoms with van der Waals surface area (Å²) in [7, 11) is 0. The van der Waals surface area contributed by atoms with E-state index >= 15 is 0 Å². The van der Waals surface area contributed by atoms with Crippen LogP contribution < -0.4 is 5.32 Å². The number of amides is 1. The highest BCUT2D eigenvalue weighted by molar-refractivity contribution is 5.94. The van der Waals surface area contributed by atoms with Gasteiger partial charge in [-0.3, -0.25) is 14.9 Å². The van der Waals surface area contributed by atoms with Crippen LogP contribution in [0.1, 0.15) is 12.8 Å². The molecule has 0 bridgehead atoms. The van der Waals surface area contributed by atoms with Gasteiger partial charge in [0, 0.05) is 18.7 Å². The Balaban J connectivity index is 2.11. The predicted molar refractivity (Wildman–Crippen MR) is 66.9 cm³/mol. The molecule has 0 radical (unpaired) electrons. The SMILES string of the molecule is O=C(Nc1cc([N+](=O)[O-])ccc1O)C1CCCOC1. The maximum Gasteiger partial charge on any atom is 0.271 e. The van der Waals surface area contributed by atoms with Crippen molar-refractivity contribution in [2.24, 2.45) is 5.92 Å². The average Bonchev–Trinajstić information content (AvgIpc) is 2.42. The number of anilines is 1. The first kappa shape index (κ1) is 13.3. The second kappa shape index (κ2) is 5.66. The number of phenols is 1. The van der Waals surface area contributed by atoms with Crippen LogP contribution >= 0.6 is 0 Å². The first-order valence-corrected chi connectivity index (χ1v) is 5.94. The lowest BCUT2D eigenvalue weighted by atomic mass is 10.0. The Morgan fingerprint density at radius 1 is 1.53 bits per heavy atom. The van der Waals surface area contributed by atoms with Crippen LogP contribution in [0.25, 0.3) is 0 Å². The van der Waals surface area contributed by atoms with E-state index in [1.54, 1.807) is 0 Å². The summed E-state index contributed by atoms with van der Waals surface area (Å²) in [6.45, 7) is 0.980. The summed E-state index contributed by atoms with van der Waals surface area (Å²) in [5.41, 5.74) is -0.141. The number of non-ortho nitro benzene ring substituents is 1. The molecule has 19 heavy (non-hydrogen) atoms. The molecule has 1 atom stereocenters. The molecule has 1 unspecified atom stereocenters. The van der Waals surface area contributed by atoms with E-state index in [1.165, 1.54) is 12.1 Å². The molecule has 1 aromatic rings. The molecule has 7 heteroatoms. The first-order valence-electron chi connectivity index (χ1n) is 5.94. The third-order valence-electron chi connectivity index (χ3n) is 2.98. The molecule has 1 aliphatic rings. The van der Waals surface area contributed by atoms with Crippen LogP contribution in [0.5, 0.6) is 5.75 Å². The van der Waals surface area contributed by atoms with Crippen molar-refractivity contribution in [1.82, 2.24) is 0 Å². The summed E-state index contributed by atoms with van der Waals surface area (Å²) < 4.78 is 5.20. The maximum atomic E-state index is 11.9. The molecule has 2 N–H and O–H groups in total. The lowest BCUT2D eigenvalue weighted by Gasteiger charge is -2.21. The molecule has 1 heterocycles. The molecule has 1 amide bonds. The Labute approximate surface area is 109 Å². The van der Waals surface area contributed by atoms with Crippen molar-refractivity contribution in [3.8, 4) is 5.75 Å². The molecule has 1 fully saturated rings. The number of nitrogens with one attached hydrogen (secondary N) is 1. The summed E-state index contributed by atoms with van der Waals surface area (Å²) >= 11 is 0. The quantitative estimate of drug-likeness (QED) is 0.492. The van der Waals surface area contributed by atoms with Crippen LogP contribution in [-0.4, -0.2) is 29.2 Å². The fourth-order valence-electron chi connectivity index (χ4n) is 1.92. The average molecular weight is 266 g/mol. The van der Waals surface area contributed by atoms with E-state index in [-0.39, 0.29) is 28.9 Å². The van der Waals surface area contributed by atoms with Crippen LogP contribution in [0.4, 0.5) is 11.4 Å². The van der Waals surface area contributed by atoms with E-state index in [1.807, 2.05) is 0 Å². The molecule has 1 aliphatic heterocycles. The maximum absolute atomic E-state index is 11.9. The van der Waals surface area contributed by atoms with Crippen LogP contribution in [0.3, 0.4) is 0 Å². The lowest BCUT2D eigenvalue weighted by molar-refractivity contribution is -0.384. The van der Waals surface area contributed by atoms with E-state index in [0.29, 0.717) is 19.6 Å². The second-order valence-corrected chi connectivity index (χ2v) is 4.36. The van der Waals surface area contributed by atoms with Gasteiger partial charge in [0.05, 0.1) is 23.1 Å². The zero-order chi connectivity index (χ0) is 13.8. The van der Waals surface area contributed by atoms with Crippen molar-refractivity contribution in [3.63, 3.8) is 0 Å². The van der Waals surface area contributed by atoms with Crippen molar-refractivity contribution in [2.75, 3.05) is 18.5 Å². The van der Waals surface area contributed by atoms with Gasteiger partial charge >= 0.3 is 0 Å². The minimum Gasteiger partial charge on any atom is -0.506 e. The molecule has 2 rings (SSSR count). The van der Waals surface area contributed by atoms with Gasteiger partial charge in [0.15, 0.2) is 0 Å². The smallest absolute Gasteiger partial charge is 0.271 e. The zero-order valence-electron chi connectivity index (χ0n) is 10.2. The number of benzene rings is 1. The Bertz CT molecular complexity index is 497. The largest absolute Gasteiger partial charge is 0.506 e. The second-order valence-electron chi connectivity index (χ2n) is 4.36. The number of nitrogens with zero attached hydrogens (tertiary/aromatic N) is 1. The van der Waals surface area contributed by atoms with Gasteiger partial charge in [0.1, 0.15) is 5.75 Å². The van der Waals surface area contributed by atoms with Crippen LogP contribution in [-0.2, 0) is 9.53 Å². The first-order chi connectivity index (χ1) is 9.08. The van der Waals surface area contributed by atoms with Crippen molar-refractivity contribution in [2.45, 2.75) is 12.8 Å². The van der Waals surface area contributed by atoms with Gasteiger partial charge in [0.2, 0.25) is 5.91 Å². The Hall–Kier alpha value is -2.15. The van der Waals surface area contributed by atoms with Crippen LogP contribution in [0.15, 0.2) is 18.2 Å². The molecule has 102 valence electrons. The summed E-state index contributed by atoms with van der Waals surface area (Å²) in [6, 6.07) is 3.50. The fraction of sp³-hybridized carbons (Fsp3) is 0.417. The number of ether oxygens (including phenoxy) is 1. The van der Waals surface area contributed by atoms with Crippen molar-refractivity contribution < 1.29 is 19.6 Å². The number of hydrogen-bond donors (Lipinski definition) is 2. The molecule has 7 nitrogen and oxygen atoms in total. The molecular formula is C12H14N2O5. The van der Waals surface area contributed by atoms with E-state index in [4.69, 9.17) is 4.74 Å². The van der Waals surface area contributed by atoms with Crippen molar-refractivity contribution >= 4 is 17.3 Å². The molecule has 0 aromatic heterocycles. The predicted octanol–water partition coefficient (Wildman–Crippen LogP) is 1.67. The topological polar surface area (TPSA) is 102 Å². The number of nitro benzene ring substituents is 1. The zero-order valence-corrected chi connectivity index (χ0v) is 10.2. The molecular weight excluding hydrogens is 252 g/mol. The Kier molecular flexibility index (Phi) is 3.96. The lowest BCUT2D eigenvalue weighted by Crippen LogP contribution is -2.30. The van der Waals surface area contributed by atoms with E-state index in [2.05, 4.69) is 5.32 Å². The highest BCUT2D eigenvalue weighted by atomic mass is 16.6. The number of aromatic hydroxyl groups is 1. The van der Waals surface area contributed by atoms with E-state index in [9.17, 15) is 20.0 Å². The van der Waals surface area contributed by atoms with Gasteiger partial charge in [-0.1, -0.05) is 0 Å². The van der Waals surface area contributed by atoms with Crippen LogP contribution in [0.2, 0.25) is 0 Å². The summed E-state index contributed by atoms with van der Waals surface area (Å²) in [5.74, 6) is -0.779. The summed E-state index contributed by atoms with van der Waals surface area (Å²) in [5, 5.41) is 22.7. The minimum absolute atomic E-state index is 0.0461. The van der Waals surface area contributed by atoms with Crippen LogP contribution in [0, 0.1) is 16.0 Å². The summed E-state index contributed by atoms with van der Waals surface area (Å²) in [6.07, 6.45) is 1.51. The van der Waals surface area contributed by atoms with Gasteiger partial charge in [-0.05, 0) is 18.9 Å². The fourth-order valence-corrected chi connectivity index (χ4v) is 1.92. The molecule has 1 saturated heterocycles. The van der Waals surface area contributed by atoms with Crippen molar-refractivity contribution in [1.29, 1.82) is 0 Å². The molecule has 0 aliphatic carbocycles. The number of phenolic OH excluding ortho intramolecular Hbond substituents is 1. The monoisotopic (exact) mass is 266 g/mol. The van der Waals surface area contributed by atoms with Gasteiger partial charge < -0.3 is 15.2 Å².